The van der Waals surface area contributed by atoms with Crippen LogP contribution in [0.5, 0.6) is 5.75 Å². The number of nitrogens with one attached hydrogen (secondary N) is 1. The van der Waals surface area contributed by atoms with Crippen molar-refractivity contribution >= 4 is 17.5 Å². The highest BCUT2D eigenvalue weighted by Crippen LogP contribution is 2.25. The van der Waals surface area contributed by atoms with Gasteiger partial charge < -0.3 is 15.0 Å². The van der Waals surface area contributed by atoms with Gasteiger partial charge in [-0.05, 0) is 56.1 Å². The fraction of sp³-hybridized carbons (Fsp3) is 0.400. The summed E-state index contributed by atoms with van der Waals surface area (Å²) in [5.41, 5.74) is 0.600. The molecule has 0 aliphatic carbocycles. The number of carbonyl (C=O) groups excluding carboxylic acids is 1. The van der Waals surface area contributed by atoms with Crippen molar-refractivity contribution in [2.24, 2.45) is 5.92 Å². The van der Waals surface area contributed by atoms with Crippen LogP contribution in [-0.4, -0.2) is 48.6 Å². The van der Waals surface area contributed by atoms with E-state index < -0.39 is 0 Å². The molecule has 1 aromatic carbocycles. The molecule has 2 aromatic rings. The Labute approximate surface area is 159 Å². The predicted octanol–water partition coefficient (Wildman–Crippen LogP) is 3.26. The molecule has 0 atom stereocenters. The standard InChI is InChI=1S/C20H24ClN3O2/c21-18-5-1-2-6-19(18)26-15-16-7-11-24(12-8-16)13-10-23-20(25)17-4-3-9-22-14-17/h1-6,9,14,16H,7-8,10-13,15H2,(H,23,25). The molecular formula is C20H24ClN3O2. The van der Waals surface area contributed by atoms with Crippen LogP contribution in [0.1, 0.15) is 23.2 Å². The van der Waals surface area contributed by atoms with Crippen molar-refractivity contribution in [3.05, 3.63) is 59.4 Å². The Morgan fingerprint density at radius 3 is 2.77 bits per heavy atom. The van der Waals surface area contributed by atoms with Gasteiger partial charge in [0.25, 0.3) is 5.91 Å². The van der Waals surface area contributed by atoms with E-state index in [2.05, 4.69) is 15.2 Å². The molecular weight excluding hydrogens is 350 g/mol. The van der Waals surface area contributed by atoms with E-state index in [4.69, 9.17) is 16.3 Å². The van der Waals surface area contributed by atoms with Gasteiger partial charge in [-0.3, -0.25) is 9.78 Å². The average molecular weight is 374 g/mol. The third-order valence-corrected chi connectivity index (χ3v) is 4.97. The summed E-state index contributed by atoms with van der Waals surface area (Å²) in [6.07, 6.45) is 5.44. The molecule has 0 spiro atoms. The second kappa shape index (κ2) is 9.55. The van der Waals surface area contributed by atoms with Gasteiger partial charge in [0.1, 0.15) is 5.75 Å². The van der Waals surface area contributed by atoms with Gasteiger partial charge in [0.2, 0.25) is 0 Å². The number of hydrogen-bond acceptors (Lipinski definition) is 4. The molecule has 1 N–H and O–H groups in total. The Morgan fingerprint density at radius 2 is 2.04 bits per heavy atom. The summed E-state index contributed by atoms with van der Waals surface area (Å²) < 4.78 is 5.86. The van der Waals surface area contributed by atoms with Crippen LogP contribution >= 0.6 is 11.6 Å². The topological polar surface area (TPSA) is 54.5 Å². The molecule has 26 heavy (non-hydrogen) atoms. The molecule has 0 saturated carbocycles. The second-order valence-electron chi connectivity index (χ2n) is 6.52. The van der Waals surface area contributed by atoms with Gasteiger partial charge in [0.05, 0.1) is 17.2 Å². The molecule has 1 fully saturated rings. The number of rotatable bonds is 7. The highest BCUT2D eigenvalue weighted by molar-refractivity contribution is 6.32. The van der Waals surface area contributed by atoms with Gasteiger partial charge in [-0.2, -0.15) is 0 Å². The second-order valence-corrected chi connectivity index (χ2v) is 6.93. The molecule has 0 unspecified atom stereocenters. The SMILES string of the molecule is O=C(NCCN1CCC(COc2ccccc2Cl)CC1)c1cccnc1. The normalized spacial score (nSPS) is 15.6. The zero-order chi connectivity index (χ0) is 18.2. The lowest BCUT2D eigenvalue weighted by Gasteiger charge is -2.31. The molecule has 1 saturated heterocycles. The fourth-order valence-corrected chi connectivity index (χ4v) is 3.26. The summed E-state index contributed by atoms with van der Waals surface area (Å²) >= 11 is 6.12. The van der Waals surface area contributed by atoms with Gasteiger partial charge >= 0.3 is 0 Å². The first-order chi connectivity index (χ1) is 12.7. The number of nitrogens with zero attached hydrogens (tertiary/aromatic N) is 2. The highest BCUT2D eigenvalue weighted by Gasteiger charge is 2.20. The minimum absolute atomic E-state index is 0.0684. The zero-order valence-electron chi connectivity index (χ0n) is 14.7. The van der Waals surface area contributed by atoms with Gasteiger partial charge in [-0.25, -0.2) is 0 Å². The number of piperidine rings is 1. The zero-order valence-corrected chi connectivity index (χ0v) is 15.5. The van der Waals surface area contributed by atoms with Crippen molar-refractivity contribution in [2.75, 3.05) is 32.8 Å². The number of aromatic nitrogens is 1. The number of pyridine rings is 1. The molecule has 1 amide bonds. The van der Waals surface area contributed by atoms with Gasteiger partial charge in [-0.1, -0.05) is 23.7 Å². The van der Waals surface area contributed by atoms with Crippen molar-refractivity contribution in [1.82, 2.24) is 15.2 Å². The van der Waals surface area contributed by atoms with E-state index in [-0.39, 0.29) is 5.91 Å². The third-order valence-electron chi connectivity index (χ3n) is 4.66. The van der Waals surface area contributed by atoms with Crippen LogP contribution in [0.3, 0.4) is 0 Å². The third kappa shape index (κ3) is 5.44. The number of para-hydroxylation sites is 1. The van der Waals surface area contributed by atoms with Crippen LogP contribution in [-0.2, 0) is 0 Å². The number of hydrogen-bond donors (Lipinski definition) is 1. The Bertz CT molecular complexity index is 703. The molecule has 3 rings (SSSR count). The lowest BCUT2D eigenvalue weighted by Crippen LogP contribution is -2.40. The lowest BCUT2D eigenvalue weighted by molar-refractivity contribution is 0.0940. The van der Waals surface area contributed by atoms with E-state index in [9.17, 15) is 4.79 Å². The van der Waals surface area contributed by atoms with E-state index in [1.807, 2.05) is 24.3 Å². The first-order valence-corrected chi connectivity index (χ1v) is 9.38. The van der Waals surface area contributed by atoms with E-state index in [0.717, 1.165) is 38.2 Å². The smallest absolute Gasteiger partial charge is 0.252 e. The van der Waals surface area contributed by atoms with Crippen molar-refractivity contribution < 1.29 is 9.53 Å². The number of amides is 1. The molecule has 1 aliphatic heterocycles. The number of likely N-dealkylation sites (tertiary alicyclic amines) is 1. The lowest BCUT2D eigenvalue weighted by atomic mass is 9.98. The summed E-state index contributed by atoms with van der Waals surface area (Å²) in [7, 11) is 0. The molecule has 1 aromatic heterocycles. The minimum Gasteiger partial charge on any atom is -0.492 e. The van der Waals surface area contributed by atoms with Crippen LogP contribution in [0.15, 0.2) is 48.8 Å². The Balaban J connectivity index is 1.32. The summed E-state index contributed by atoms with van der Waals surface area (Å²) in [5, 5.41) is 3.61. The Hall–Kier alpha value is -2.11. The summed E-state index contributed by atoms with van der Waals surface area (Å²) in [6, 6.07) is 11.1. The van der Waals surface area contributed by atoms with Crippen LogP contribution in [0.4, 0.5) is 0 Å². The summed E-state index contributed by atoms with van der Waals surface area (Å²) in [6.45, 7) is 4.27. The fourth-order valence-electron chi connectivity index (χ4n) is 3.07. The number of ether oxygens (including phenoxy) is 1. The summed E-state index contributed by atoms with van der Waals surface area (Å²) in [4.78, 5) is 18.3. The molecule has 2 heterocycles. The predicted molar refractivity (Wildman–Crippen MR) is 103 cm³/mol. The van der Waals surface area contributed by atoms with E-state index in [1.54, 1.807) is 24.5 Å². The van der Waals surface area contributed by atoms with Crippen molar-refractivity contribution in [2.45, 2.75) is 12.8 Å². The molecule has 6 heteroatoms. The molecule has 138 valence electrons. The van der Waals surface area contributed by atoms with Crippen molar-refractivity contribution in [3.63, 3.8) is 0 Å². The van der Waals surface area contributed by atoms with Crippen LogP contribution in [0, 0.1) is 5.92 Å². The van der Waals surface area contributed by atoms with Crippen LogP contribution < -0.4 is 10.1 Å². The first-order valence-electron chi connectivity index (χ1n) is 9.00. The van der Waals surface area contributed by atoms with E-state index in [1.165, 1.54) is 0 Å². The molecule has 0 bridgehead atoms. The Kier molecular flexibility index (Phi) is 6.86. The number of halogens is 1. The average Bonchev–Trinajstić information content (AvgIpc) is 2.69. The number of benzene rings is 1. The van der Waals surface area contributed by atoms with E-state index >= 15 is 0 Å². The highest BCUT2D eigenvalue weighted by atomic mass is 35.5. The van der Waals surface area contributed by atoms with Crippen LogP contribution in [0.2, 0.25) is 5.02 Å². The van der Waals surface area contributed by atoms with E-state index in [0.29, 0.717) is 29.7 Å². The number of carbonyl (C=O) groups is 1. The Morgan fingerprint density at radius 1 is 1.23 bits per heavy atom. The first kappa shape index (κ1) is 18.7. The van der Waals surface area contributed by atoms with Gasteiger partial charge in [0, 0.05) is 25.5 Å². The maximum Gasteiger partial charge on any atom is 0.252 e. The van der Waals surface area contributed by atoms with Crippen molar-refractivity contribution in [1.29, 1.82) is 0 Å². The maximum absolute atomic E-state index is 12.0. The monoisotopic (exact) mass is 373 g/mol. The minimum atomic E-state index is -0.0684. The molecule has 1 aliphatic rings. The maximum atomic E-state index is 12.0. The summed E-state index contributed by atoms with van der Waals surface area (Å²) in [5.74, 6) is 1.24. The van der Waals surface area contributed by atoms with Gasteiger partial charge in [0.15, 0.2) is 0 Å². The molecule has 5 nitrogen and oxygen atoms in total. The van der Waals surface area contributed by atoms with Crippen molar-refractivity contribution in [3.8, 4) is 5.75 Å². The van der Waals surface area contributed by atoms with Crippen LogP contribution in [0.25, 0.3) is 0 Å². The molecule has 0 radical (unpaired) electrons. The quantitative estimate of drug-likeness (QED) is 0.809. The largest absolute Gasteiger partial charge is 0.492 e. The van der Waals surface area contributed by atoms with Gasteiger partial charge in [-0.15, -0.1) is 0 Å².